The fourth-order valence-corrected chi connectivity index (χ4v) is 6.21. The SMILES string of the molecule is COc1ccc2[nH]c3c(c2c1)[C@@H](c1cc(OC)c(OC)c(OC)c1)C[C@H]1C(=O)N(Cc2ccccc2)C(=O)[C@@H]31. The minimum Gasteiger partial charge on any atom is -0.497 e. The number of aromatic amines is 1. The molecule has 8 heteroatoms. The molecule has 1 N–H and O–H groups in total. The maximum Gasteiger partial charge on any atom is 0.239 e. The monoisotopic (exact) mass is 526 g/mol. The second kappa shape index (κ2) is 9.69. The summed E-state index contributed by atoms with van der Waals surface area (Å²) in [5.41, 5.74) is 4.49. The van der Waals surface area contributed by atoms with Crippen molar-refractivity contribution in [3.05, 3.63) is 83.0 Å². The first-order valence-electron chi connectivity index (χ1n) is 12.9. The van der Waals surface area contributed by atoms with Gasteiger partial charge in [0, 0.05) is 22.5 Å². The molecule has 4 aromatic rings. The lowest BCUT2D eigenvalue weighted by Crippen LogP contribution is -2.30. The van der Waals surface area contributed by atoms with Crippen LogP contribution in [0.15, 0.2) is 60.7 Å². The Labute approximate surface area is 226 Å². The molecule has 1 fully saturated rings. The van der Waals surface area contributed by atoms with Gasteiger partial charge >= 0.3 is 0 Å². The summed E-state index contributed by atoms with van der Waals surface area (Å²) in [4.78, 5) is 32.6. The second-order valence-electron chi connectivity index (χ2n) is 9.94. The molecule has 6 rings (SSSR count). The number of methoxy groups -OCH3 is 4. The molecule has 1 aromatic heterocycles. The highest BCUT2D eigenvalue weighted by Gasteiger charge is 2.53. The van der Waals surface area contributed by atoms with Crippen LogP contribution in [0.3, 0.4) is 0 Å². The van der Waals surface area contributed by atoms with E-state index in [1.165, 1.54) is 4.90 Å². The van der Waals surface area contributed by atoms with Crippen LogP contribution in [0.2, 0.25) is 0 Å². The maximum atomic E-state index is 13.8. The average Bonchev–Trinajstić information content (AvgIpc) is 3.46. The minimum absolute atomic E-state index is 0.145. The number of rotatable bonds is 7. The summed E-state index contributed by atoms with van der Waals surface area (Å²) in [5, 5.41) is 0.961. The molecule has 0 unspecified atom stereocenters. The van der Waals surface area contributed by atoms with E-state index in [0.29, 0.717) is 23.7 Å². The van der Waals surface area contributed by atoms with Gasteiger partial charge in [-0.3, -0.25) is 14.5 Å². The largest absolute Gasteiger partial charge is 0.497 e. The molecule has 3 atom stereocenters. The van der Waals surface area contributed by atoms with Crippen LogP contribution in [-0.4, -0.2) is 50.1 Å². The van der Waals surface area contributed by atoms with E-state index in [-0.39, 0.29) is 24.3 Å². The molecule has 2 amide bonds. The van der Waals surface area contributed by atoms with Crippen molar-refractivity contribution < 1.29 is 28.5 Å². The van der Waals surface area contributed by atoms with Crippen molar-refractivity contribution in [1.29, 1.82) is 0 Å². The molecule has 200 valence electrons. The number of nitrogens with one attached hydrogen (secondary N) is 1. The number of nitrogens with zero attached hydrogens (tertiary/aromatic N) is 1. The molecule has 0 radical (unpaired) electrons. The Kier molecular flexibility index (Phi) is 6.17. The molecule has 0 bridgehead atoms. The van der Waals surface area contributed by atoms with E-state index in [1.54, 1.807) is 28.4 Å². The lowest BCUT2D eigenvalue weighted by molar-refractivity contribution is -0.140. The molecule has 2 heterocycles. The summed E-state index contributed by atoms with van der Waals surface area (Å²) in [6.07, 6.45) is 0.469. The molecular formula is C31H30N2O6. The first kappa shape index (κ1) is 24.9. The summed E-state index contributed by atoms with van der Waals surface area (Å²) in [6.45, 7) is 0.254. The van der Waals surface area contributed by atoms with Crippen molar-refractivity contribution in [2.75, 3.05) is 28.4 Å². The predicted octanol–water partition coefficient (Wildman–Crippen LogP) is 5.01. The third-order valence-electron chi connectivity index (χ3n) is 8.02. The number of imide groups is 1. The Morgan fingerprint density at radius 1 is 0.846 bits per heavy atom. The normalized spacial score (nSPS) is 20.1. The number of H-pyrrole nitrogens is 1. The van der Waals surface area contributed by atoms with Crippen LogP contribution in [0, 0.1) is 5.92 Å². The van der Waals surface area contributed by atoms with Gasteiger partial charge in [0.05, 0.1) is 46.8 Å². The van der Waals surface area contributed by atoms with Gasteiger partial charge in [-0.25, -0.2) is 0 Å². The number of likely N-dealkylation sites (tertiary alicyclic amines) is 1. The van der Waals surface area contributed by atoms with Crippen molar-refractivity contribution >= 4 is 22.7 Å². The van der Waals surface area contributed by atoms with Gasteiger partial charge in [-0.2, -0.15) is 0 Å². The Morgan fingerprint density at radius 2 is 1.56 bits per heavy atom. The third kappa shape index (κ3) is 3.90. The fraction of sp³-hybridized carbons (Fsp3) is 0.290. The minimum atomic E-state index is -0.576. The molecule has 2 aliphatic rings. The summed E-state index contributed by atoms with van der Waals surface area (Å²) >= 11 is 0. The predicted molar refractivity (Wildman–Crippen MR) is 146 cm³/mol. The van der Waals surface area contributed by atoms with Gasteiger partial charge in [-0.05, 0) is 53.4 Å². The number of hydrogen-bond acceptors (Lipinski definition) is 6. The number of benzene rings is 3. The van der Waals surface area contributed by atoms with Crippen molar-refractivity contribution in [3.63, 3.8) is 0 Å². The molecule has 8 nitrogen and oxygen atoms in total. The number of aromatic nitrogens is 1. The number of fused-ring (bicyclic) bond motifs is 5. The average molecular weight is 527 g/mol. The van der Waals surface area contributed by atoms with E-state index >= 15 is 0 Å². The van der Waals surface area contributed by atoms with Crippen molar-refractivity contribution in [2.24, 2.45) is 5.92 Å². The van der Waals surface area contributed by atoms with Gasteiger partial charge in [0.15, 0.2) is 11.5 Å². The van der Waals surface area contributed by atoms with Crippen molar-refractivity contribution in [3.8, 4) is 23.0 Å². The van der Waals surface area contributed by atoms with Crippen LogP contribution in [-0.2, 0) is 16.1 Å². The highest BCUT2D eigenvalue weighted by molar-refractivity contribution is 6.09. The first-order chi connectivity index (χ1) is 19.0. The van der Waals surface area contributed by atoms with Crippen LogP contribution in [0.25, 0.3) is 10.9 Å². The van der Waals surface area contributed by atoms with Crippen LogP contribution < -0.4 is 18.9 Å². The zero-order chi connectivity index (χ0) is 27.3. The number of carbonyl (C=O) groups is 2. The Bertz CT molecular complexity index is 1550. The van der Waals surface area contributed by atoms with Crippen LogP contribution in [0.4, 0.5) is 0 Å². The highest BCUT2D eigenvalue weighted by Crippen LogP contribution is 2.54. The summed E-state index contributed by atoms with van der Waals surface area (Å²) in [5.74, 6) is 0.698. The highest BCUT2D eigenvalue weighted by atomic mass is 16.5. The van der Waals surface area contributed by atoms with Crippen molar-refractivity contribution in [2.45, 2.75) is 24.8 Å². The molecule has 39 heavy (non-hydrogen) atoms. The van der Waals surface area contributed by atoms with Gasteiger partial charge in [0.25, 0.3) is 0 Å². The lowest BCUT2D eigenvalue weighted by atomic mass is 9.71. The second-order valence-corrected chi connectivity index (χ2v) is 9.94. The van der Waals surface area contributed by atoms with Gasteiger partial charge in [-0.1, -0.05) is 30.3 Å². The zero-order valence-electron chi connectivity index (χ0n) is 22.3. The number of amides is 2. The van der Waals surface area contributed by atoms with Crippen LogP contribution in [0.1, 0.15) is 40.6 Å². The Balaban J connectivity index is 1.53. The number of carbonyl (C=O) groups excluding carboxylic acids is 2. The number of hydrogen-bond donors (Lipinski definition) is 1. The van der Waals surface area contributed by atoms with Crippen LogP contribution in [0.5, 0.6) is 23.0 Å². The number of ether oxygens (including phenoxy) is 4. The molecule has 1 saturated heterocycles. The summed E-state index contributed by atoms with van der Waals surface area (Å²) in [6, 6.07) is 19.3. The van der Waals surface area contributed by atoms with Crippen molar-refractivity contribution in [1.82, 2.24) is 9.88 Å². The topological polar surface area (TPSA) is 90.1 Å². The van der Waals surface area contributed by atoms with Crippen LogP contribution >= 0.6 is 0 Å². The first-order valence-corrected chi connectivity index (χ1v) is 12.9. The van der Waals surface area contributed by atoms with E-state index in [2.05, 4.69) is 4.98 Å². The van der Waals surface area contributed by atoms with E-state index < -0.39 is 11.8 Å². The van der Waals surface area contributed by atoms with E-state index in [0.717, 1.165) is 39.0 Å². The fourth-order valence-electron chi connectivity index (χ4n) is 6.21. The summed E-state index contributed by atoms with van der Waals surface area (Å²) in [7, 11) is 6.37. The quantitative estimate of drug-likeness (QED) is 0.341. The van der Waals surface area contributed by atoms with Gasteiger partial charge in [0.1, 0.15) is 5.75 Å². The molecular weight excluding hydrogens is 496 g/mol. The maximum absolute atomic E-state index is 13.8. The molecule has 0 spiro atoms. The van der Waals surface area contributed by atoms with Gasteiger partial charge in [0.2, 0.25) is 17.6 Å². The Hall–Kier alpha value is -4.46. The van der Waals surface area contributed by atoms with Gasteiger partial charge in [-0.15, -0.1) is 0 Å². The zero-order valence-corrected chi connectivity index (χ0v) is 22.3. The van der Waals surface area contributed by atoms with E-state index in [4.69, 9.17) is 18.9 Å². The van der Waals surface area contributed by atoms with E-state index in [9.17, 15) is 9.59 Å². The van der Waals surface area contributed by atoms with Gasteiger partial charge < -0.3 is 23.9 Å². The smallest absolute Gasteiger partial charge is 0.239 e. The standard InChI is InChI=1S/C31H30N2O6/c1-36-19-10-11-23-21(14-19)26-20(18-12-24(37-2)29(39-4)25(13-18)38-3)15-22-27(28(26)32-23)31(35)33(30(22)34)16-17-8-6-5-7-9-17/h5-14,20,22,27,32H,15-16H2,1-4H3/t20-,22-,27-/m1/s1. The molecule has 3 aromatic carbocycles. The molecule has 1 aliphatic heterocycles. The van der Waals surface area contributed by atoms with E-state index in [1.807, 2.05) is 60.7 Å². The molecule has 1 aliphatic carbocycles. The lowest BCUT2D eigenvalue weighted by Gasteiger charge is -2.30. The Morgan fingerprint density at radius 3 is 2.21 bits per heavy atom. The summed E-state index contributed by atoms with van der Waals surface area (Å²) < 4.78 is 22.4. The molecule has 0 saturated carbocycles. The third-order valence-corrected chi connectivity index (χ3v) is 8.02.